The Kier molecular flexibility index (Phi) is 5.35. The molecule has 0 amide bonds. The number of hydrogen-bond donors (Lipinski definition) is 0. The molecular weight excluding hydrogens is 200 g/mol. The molecule has 0 aliphatic heterocycles. The second-order valence-corrected chi connectivity index (χ2v) is 4.80. The van der Waals surface area contributed by atoms with E-state index < -0.39 is 11.3 Å². The predicted octanol–water partition coefficient (Wildman–Crippen LogP) is 2.58. The van der Waals surface area contributed by atoms with Gasteiger partial charge in [0.25, 0.3) is 0 Å². The fourth-order valence-electron chi connectivity index (χ4n) is 1.32. The highest BCUT2D eigenvalue weighted by Crippen LogP contribution is 2.19. The second-order valence-electron chi connectivity index (χ2n) is 4.80. The number of aldehydes is 1. The van der Waals surface area contributed by atoms with E-state index in [0.717, 1.165) is 13.2 Å². The number of rotatable bonds is 7. The Morgan fingerprint density at radius 3 is 2.13 bits per heavy atom. The lowest BCUT2D eigenvalue weighted by Crippen LogP contribution is -2.37. The largest absolute Gasteiger partial charge is 0.303 e. The molecule has 0 unspecified atom stereocenters. The molecule has 0 N–H and O–H groups in total. The van der Waals surface area contributed by atoms with Crippen LogP contribution in [0, 0.1) is 5.41 Å². The summed E-state index contributed by atoms with van der Waals surface area (Å²) in [6.45, 7) is 8.01. The molecule has 0 bridgehead atoms. The van der Waals surface area contributed by atoms with Gasteiger partial charge in [-0.1, -0.05) is 20.8 Å². The fraction of sp³-hybridized carbons (Fsp3) is 0.909. The molecule has 0 aromatic carbocycles. The molecule has 0 heterocycles. The van der Waals surface area contributed by atoms with Crippen LogP contribution in [-0.4, -0.2) is 36.7 Å². The average Bonchev–Trinajstić information content (AvgIpc) is 2.11. The standard InChI is InChI=1S/C11H21F2NO/c1-5-14(7-6-11(4,12)13)8-10(2,3)9-15/h9H,5-8H2,1-4H3. The maximum Gasteiger partial charge on any atom is 0.246 e. The molecule has 15 heavy (non-hydrogen) atoms. The van der Waals surface area contributed by atoms with E-state index >= 15 is 0 Å². The highest BCUT2D eigenvalue weighted by Gasteiger charge is 2.25. The monoisotopic (exact) mass is 221 g/mol. The third-order valence-corrected chi connectivity index (χ3v) is 2.26. The van der Waals surface area contributed by atoms with Gasteiger partial charge >= 0.3 is 0 Å². The number of nitrogens with zero attached hydrogens (tertiary/aromatic N) is 1. The van der Waals surface area contributed by atoms with Crippen LogP contribution in [0.5, 0.6) is 0 Å². The number of halogens is 2. The Morgan fingerprint density at radius 2 is 1.80 bits per heavy atom. The van der Waals surface area contributed by atoms with Crippen LogP contribution < -0.4 is 0 Å². The Labute approximate surface area is 90.6 Å². The molecule has 4 heteroatoms. The normalized spacial score (nSPS) is 13.3. The SMILES string of the molecule is CCN(CCC(C)(F)F)CC(C)(C)C=O. The smallest absolute Gasteiger partial charge is 0.246 e. The zero-order valence-electron chi connectivity index (χ0n) is 10.0. The van der Waals surface area contributed by atoms with Gasteiger partial charge in [-0.05, 0) is 13.5 Å². The van der Waals surface area contributed by atoms with Crippen LogP contribution in [0.15, 0.2) is 0 Å². The van der Waals surface area contributed by atoms with E-state index in [2.05, 4.69) is 0 Å². The summed E-state index contributed by atoms with van der Waals surface area (Å²) in [6, 6.07) is 0. The molecule has 0 saturated carbocycles. The number of alkyl halides is 2. The topological polar surface area (TPSA) is 20.3 Å². The van der Waals surface area contributed by atoms with Crippen LogP contribution >= 0.6 is 0 Å². The van der Waals surface area contributed by atoms with Gasteiger partial charge in [0.2, 0.25) is 5.92 Å². The summed E-state index contributed by atoms with van der Waals surface area (Å²) in [5.74, 6) is -2.63. The van der Waals surface area contributed by atoms with Crippen molar-refractivity contribution in [3.63, 3.8) is 0 Å². The highest BCUT2D eigenvalue weighted by molar-refractivity contribution is 5.58. The molecule has 2 nitrogen and oxygen atoms in total. The molecule has 90 valence electrons. The van der Waals surface area contributed by atoms with Gasteiger partial charge in [0, 0.05) is 24.9 Å². The van der Waals surface area contributed by atoms with E-state index in [-0.39, 0.29) is 6.42 Å². The molecule has 0 aliphatic rings. The number of hydrogen-bond acceptors (Lipinski definition) is 2. The van der Waals surface area contributed by atoms with Gasteiger partial charge in [-0.3, -0.25) is 0 Å². The van der Waals surface area contributed by atoms with Crippen molar-refractivity contribution < 1.29 is 13.6 Å². The van der Waals surface area contributed by atoms with E-state index in [1.807, 2.05) is 25.7 Å². The molecule has 0 saturated heterocycles. The first-order valence-corrected chi connectivity index (χ1v) is 5.27. The van der Waals surface area contributed by atoms with Crippen LogP contribution in [0.2, 0.25) is 0 Å². The van der Waals surface area contributed by atoms with Crippen molar-refractivity contribution in [1.29, 1.82) is 0 Å². The van der Waals surface area contributed by atoms with Crippen LogP contribution in [0.4, 0.5) is 8.78 Å². The van der Waals surface area contributed by atoms with Crippen molar-refractivity contribution in [3.05, 3.63) is 0 Å². The Bertz CT molecular complexity index is 199. The lowest BCUT2D eigenvalue weighted by atomic mass is 9.95. The summed E-state index contributed by atoms with van der Waals surface area (Å²) in [5, 5.41) is 0. The zero-order chi connectivity index (χ0) is 12.1. The molecule has 0 atom stereocenters. The summed E-state index contributed by atoms with van der Waals surface area (Å²) < 4.78 is 25.3. The van der Waals surface area contributed by atoms with Crippen molar-refractivity contribution in [3.8, 4) is 0 Å². The van der Waals surface area contributed by atoms with Crippen molar-refractivity contribution in [2.45, 2.75) is 40.0 Å². The summed E-state index contributed by atoms with van der Waals surface area (Å²) in [6.07, 6.45) is 0.718. The van der Waals surface area contributed by atoms with Crippen molar-refractivity contribution in [2.24, 2.45) is 5.41 Å². The number of carbonyl (C=O) groups is 1. The Balaban J connectivity index is 4.10. The van der Waals surface area contributed by atoms with Crippen LogP contribution in [0.25, 0.3) is 0 Å². The van der Waals surface area contributed by atoms with Gasteiger partial charge in [-0.15, -0.1) is 0 Å². The first-order valence-electron chi connectivity index (χ1n) is 5.27. The van der Waals surface area contributed by atoms with Crippen molar-refractivity contribution in [2.75, 3.05) is 19.6 Å². The molecule has 0 spiro atoms. The van der Waals surface area contributed by atoms with E-state index in [1.165, 1.54) is 0 Å². The predicted molar refractivity (Wildman–Crippen MR) is 57.2 cm³/mol. The van der Waals surface area contributed by atoms with Crippen LogP contribution in [0.3, 0.4) is 0 Å². The summed E-state index contributed by atoms with van der Waals surface area (Å²) >= 11 is 0. The molecule has 0 fully saturated rings. The highest BCUT2D eigenvalue weighted by atomic mass is 19.3. The average molecular weight is 221 g/mol. The second kappa shape index (κ2) is 5.54. The molecule has 0 rings (SSSR count). The van der Waals surface area contributed by atoms with E-state index in [4.69, 9.17) is 0 Å². The maximum absolute atomic E-state index is 12.6. The molecule has 0 aromatic rings. The molecule has 0 aliphatic carbocycles. The van der Waals surface area contributed by atoms with Gasteiger partial charge in [0.15, 0.2) is 0 Å². The van der Waals surface area contributed by atoms with Gasteiger partial charge < -0.3 is 9.69 Å². The van der Waals surface area contributed by atoms with Gasteiger partial charge in [0.1, 0.15) is 6.29 Å². The van der Waals surface area contributed by atoms with E-state index in [0.29, 0.717) is 19.6 Å². The van der Waals surface area contributed by atoms with Gasteiger partial charge in [-0.25, -0.2) is 8.78 Å². The van der Waals surface area contributed by atoms with E-state index in [9.17, 15) is 13.6 Å². The van der Waals surface area contributed by atoms with E-state index in [1.54, 1.807) is 0 Å². The molecule has 0 radical (unpaired) electrons. The third-order valence-electron chi connectivity index (χ3n) is 2.26. The van der Waals surface area contributed by atoms with Crippen LogP contribution in [0.1, 0.15) is 34.1 Å². The minimum Gasteiger partial charge on any atom is -0.303 e. The maximum atomic E-state index is 12.6. The number of carbonyl (C=O) groups excluding carboxylic acids is 1. The van der Waals surface area contributed by atoms with Gasteiger partial charge in [-0.2, -0.15) is 0 Å². The van der Waals surface area contributed by atoms with Gasteiger partial charge in [0.05, 0.1) is 0 Å². The summed E-state index contributed by atoms with van der Waals surface area (Å²) in [7, 11) is 0. The lowest BCUT2D eigenvalue weighted by Gasteiger charge is -2.28. The van der Waals surface area contributed by atoms with Crippen molar-refractivity contribution in [1.82, 2.24) is 4.90 Å². The summed E-state index contributed by atoms with van der Waals surface area (Å²) in [5.41, 5.74) is -0.459. The van der Waals surface area contributed by atoms with Crippen molar-refractivity contribution >= 4 is 6.29 Å². The minimum atomic E-state index is -2.63. The Morgan fingerprint density at radius 1 is 1.27 bits per heavy atom. The van der Waals surface area contributed by atoms with Crippen LogP contribution in [-0.2, 0) is 4.79 Å². The first-order chi connectivity index (χ1) is 6.70. The Hall–Kier alpha value is -0.510. The first kappa shape index (κ1) is 14.5. The quantitative estimate of drug-likeness (QED) is 0.616. The fourth-order valence-corrected chi connectivity index (χ4v) is 1.32. The lowest BCUT2D eigenvalue weighted by molar-refractivity contribution is -0.115. The third kappa shape index (κ3) is 7.42. The minimum absolute atomic E-state index is 0.157. The molecule has 0 aromatic heterocycles. The zero-order valence-corrected chi connectivity index (χ0v) is 10.0. The summed E-state index contributed by atoms with van der Waals surface area (Å²) in [4.78, 5) is 12.6. The molecular formula is C11H21F2NO.